The Kier molecular flexibility index (Phi) is 4.65. The highest BCUT2D eigenvalue weighted by atomic mass is 16.2. The molecule has 0 radical (unpaired) electrons. The average Bonchev–Trinajstić information content (AvgIpc) is 3.21. The predicted molar refractivity (Wildman–Crippen MR) is 104 cm³/mol. The molecule has 1 amide bonds. The second-order valence-corrected chi connectivity index (χ2v) is 7.05. The number of carbonyl (C=O) groups excluding carboxylic acids is 1. The Morgan fingerprint density at radius 3 is 2.89 bits per heavy atom. The van der Waals surface area contributed by atoms with Gasteiger partial charge in [0.2, 0.25) is 5.95 Å². The highest BCUT2D eigenvalue weighted by Gasteiger charge is 2.25. The van der Waals surface area contributed by atoms with Crippen LogP contribution >= 0.6 is 0 Å². The van der Waals surface area contributed by atoms with Crippen molar-refractivity contribution in [3.8, 4) is 6.07 Å². The van der Waals surface area contributed by atoms with E-state index in [0.717, 1.165) is 18.4 Å². The SMILES string of the molecule is Cn1cc(C(=O)NC2CCN(c3nccc(C#N)n3)CC2)c2c(c1=O)CC=C2. The molecule has 0 unspecified atom stereocenters. The number of fused-ring (bicyclic) bond motifs is 1. The molecule has 8 heteroatoms. The lowest BCUT2D eigenvalue weighted by Gasteiger charge is -2.32. The van der Waals surface area contributed by atoms with Crippen molar-refractivity contribution in [2.24, 2.45) is 7.05 Å². The van der Waals surface area contributed by atoms with Crippen molar-refractivity contribution < 1.29 is 4.79 Å². The van der Waals surface area contributed by atoms with Crippen molar-refractivity contribution in [1.29, 1.82) is 5.26 Å². The number of pyridine rings is 1. The van der Waals surface area contributed by atoms with E-state index in [2.05, 4.69) is 15.3 Å². The van der Waals surface area contributed by atoms with Gasteiger partial charge in [-0.1, -0.05) is 12.2 Å². The summed E-state index contributed by atoms with van der Waals surface area (Å²) >= 11 is 0. The Morgan fingerprint density at radius 2 is 2.14 bits per heavy atom. The van der Waals surface area contributed by atoms with E-state index in [9.17, 15) is 9.59 Å². The van der Waals surface area contributed by atoms with Crippen LogP contribution in [0.2, 0.25) is 0 Å². The number of anilines is 1. The molecular weight excluding hydrogens is 356 g/mol. The van der Waals surface area contributed by atoms with Gasteiger partial charge in [-0.2, -0.15) is 5.26 Å². The summed E-state index contributed by atoms with van der Waals surface area (Å²) in [7, 11) is 1.67. The lowest BCUT2D eigenvalue weighted by atomic mass is 10.0. The average molecular weight is 376 g/mol. The van der Waals surface area contributed by atoms with Crippen LogP contribution in [-0.4, -0.2) is 39.6 Å². The summed E-state index contributed by atoms with van der Waals surface area (Å²) in [6.45, 7) is 1.40. The summed E-state index contributed by atoms with van der Waals surface area (Å²) in [5.74, 6) is 0.393. The van der Waals surface area contributed by atoms with E-state index in [1.54, 1.807) is 25.5 Å². The quantitative estimate of drug-likeness (QED) is 0.858. The van der Waals surface area contributed by atoms with Crippen molar-refractivity contribution in [3.63, 3.8) is 0 Å². The molecule has 1 fully saturated rings. The molecular formula is C20H20N6O2. The van der Waals surface area contributed by atoms with Crippen LogP contribution in [0.5, 0.6) is 0 Å². The van der Waals surface area contributed by atoms with Crippen molar-refractivity contribution in [2.45, 2.75) is 25.3 Å². The van der Waals surface area contributed by atoms with E-state index >= 15 is 0 Å². The third-order valence-corrected chi connectivity index (χ3v) is 5.24. The summed E-state index contributed by atoms with van der Waals surface area (Å²) in [6, 6.07) is 3.65. The standard InChI is InChI=1S/C20H20N6O2/c1-25-12-17(15-3-2-4-16(15)19(25)28)18(27)23-13-6-9-26(10-7-13)20-22-8-5-14(11-21)24-20/h2-3,5,8,12-13H,4,6-7,9-10H2,1H3,(H,23,27). The zero-order valence-corrected chi connectivity index (χ0v) is 15.6. The van der Waals surface area contributed by atoms with Crippen LogP contribution in [0, 0.1) is 11.3 Å². The number of piperidine rings is 1. The van der Waals surface area contributed by atoms with E-state index < -0.39 is 0 Å². The number of aryl methyl sites for hydroxylation is 1. The molecule has 4 rings (SSSR count). The van der Waals surface area contributed by atoms with Gasteiger partial charge in [0.25, 0.3) is 11.5 Å². The molecule has 142 valence electrons. The third-order valence-electron chi connectivity index (χ3n) is 5.24. The highest BCUT2D eigenvalue weighted by Crippen LogP contribution is 2.21. The maximum absolute atomic E-state index is 12.8. The van der Waals surface area contributed by atoms with Crippen LogP contribution in [0.15, 0.2) is 29.3 Å². The number of carbonyl (C=O) groups is 1. The van der Waals surface area contributed by atoms with E-state index in [1.165, 1.54) is 4.57 Å². The molecule has 0 bridgehead atoms. The topological polar surface area (TPSA) is 104 Å². The molecule has 0 aromatic carbocycles. The first-order chi connectivity index (χ1) is 13.6. The molecule has 2 aromatic heterocycles. The molecule has 1 saturated heterocycles. The Hall–Kier alpha value is -3.47. The summed E-state index contributed by atoms with van der Waals surface area (Å²) in [5.41, 5.74) is 2.25. The molecule has 0 atom stereocenters. The Labute approximate surface area is 162 Å². The molecule has 1 aliphatic carbocycles. The number of hydrogen-bond acceptors (Lipinski definition) is 6. The van der Waals surface area contributed by atoms with Gasteiger partial charge >= 0.3 is 0 Å². The van der Waals surface area contributed by atoms with Gasteiger partial charge in [-0.05, 0) is 30.9 Å². The van der Waals surface area contributed by atoms with Gasteiger partial charge in [0.15, 0.2) is 0 Å². The van der Waals surface area contributed by atoms with Crippen LogP contribution in [-0.2, 0) is 13.5 Å². The van der Waals surface area contributed by atoms with E-state index in [-0.39, 0.29) is 17.5 Å². The van der Waals surface area contributed by atoms with Gasteiger partial charge in [0.05, 0.1) is 5.56 Å². The number of amides is 1. The van der Waals surface area contributed by atoms with Crippen LogP contribution in [0.1, 0.15) is 40.0 Å². The molecule has 28 heavy (non-hydrogen) atoms. The molecule has 3 heterocycles. The van der Waals surface area contributed by atoms with Crippen LogP contribution in [0.3, 0.4) is 0 Å². The van der Waals surface area contributed by atoms with Crippen LogP contribution < -0.4 is 15.8 Å². The Morgan fingerprint density at radius 1 is 1.36 bits per heavy atom. The Balaban J connectivity index is 1.43. The second kappa shape index (κ2) is 7.27. The number of nitrogens with one attached hydrogen (secondary N) is 1. The molecule has 1 N–H and O–H groups in total. The van der Waals surface area contributed by atoms with Crippen LogP contribution in [0.4, 0.5) is 5.95 Å². The summed E-state index contributed by atoms with van der Waals surface area (Å²) in [5, 5.41) is 12.1. The van der Waals surface area contributed by atoms with Gasteiger partial charge in [-0.25, -0.2) is 9.97 Å². The maximum atomic E-state index is 12.8. The molecule has 8 nitrogen and oxygen atoms in total. The fraction of sp³-hybridized carbons (Fsp3) is 0.350. The molecule has 1 aliphatic heterocycles. The first-order valence-electron chi connectivity index (χ1n) is 9.25. The Bertz CT molecular complexity index is 1060. The molecule has 2 aromatic rings. The monoisotopic (exact) mass is 376 g/mol. The van der Waals surface area contributed by atoms with Gasteiger partial charge in [-0.3, -0.25) is 9.59 Å². The fourth-order valence-electron chi connectivity index (χ4n) is 3.73. The van der Waals surface area contributed by atoms with Crippen molar-refractivity contribution >= 4 is 17.9 Å². The summed E-state index contributed by atoms with van der Waals surface area (Å²) in [6.07, 6.45) is 9.06. The minimum Gasteiger partial charge on any atom is -0.349 e. The van der Waals surface area contributed by atoms with Crippen molar-refractivity contribution in [2.75, 3.05) is 18.0 Å². The summed E-state index contributed by atoms with van der Waals surface area (Å²) in [4.78, 5) is 35.5. The molecule has 0 saturated carbocycles. The lowest BCUT2D eigenvalue weighted by Crippen LogP contribution is -2.45. The number of aromatic nitrogens is 3. The number of nitrogens with zero attached hydrogens (tertiary/aromatic N) is 5. The minimum absolute atomic E-state index is 0.0427. The van der Waals surface area contributed by atoms with Gasteiger partial charge in [0, 0.05) is 44.1 Å². The zero-order chi connectivity index (χ0) is 19.7. The fourth-order valence-corrected chi connectivity index (χ4v) is 3.73. The van der Waals surface area contributed by atoms with Gasteiger partial charge in [-0.15, -0.1) is 0 Å². The molecule has 0 spiro atoms. The number of nitriles is 1. The van der Waals surface area contributed by atoms with Gasteiger partial charge in [0.1, 0.15) is 11.8 Å². The number of rotatable bonds is 3. The minimum atomic E-state index is -0.153. The highest BCUT2D eigenvalue weighted by molar-refractivity contribution is 5.98. The van der Waals surface area contributed by atoms with Crippen molar-refractivity contribution in [1.82, 2.24) is 19.9 Å². The van der Waals surface area contributed by atoms with E-state index in [1.807, 2.05) is 23.1 Å². The lowest BCUT2D eigenvalue weighted by molar-refractivity contribution is 0.0930. The smallest absolute Gasteiger partial charge is 0.254 e. The summed E-state index contributed by atoms with van der Waals surface area (Å²) < 4.78 is 1.48. The largest absolute Gasteiger partial charge is 0.349 e. The normalized spacial score (nSPS) is 15.9. The van der Waals surface area contributed by atoms with E-state index in [4.69, 9.17) is 5.26 Å². The zero-order valence-electron chi connectivity index (χ0n) is 15.6. The predicted octanol–water partition coefficient (Wildman–Crippen LogP) is 1.02. The van der Waals surface area contributed by atoms with Crippen LogP contribution in [0.25, 0.3) is 6.08 Å². The third kappa shape index (κ3) is 3.27. The first kappa shape index (κ1) is 17.9. The van der Waals surface area contributed by atoms with Crippen molar-refractivity contribution in [3.05, 3.63) is 57.3 Å². The first-order valence-corrected chi connectivity index (χ1v) is 9.25. The molecule has 2 aliphatic rings. The van der Waals surface area contributed by atoms with Gasteiger partial charge < -0.3 is 14.8 Å². The maximum Gasteiger partial charge on any atom is 0.254 e. The number of hydrogen-bond donors (Lipinski definition) is 1. The van der Waals surface area contributed by atoms with E-state index in [0.29, 0.717) is 42.3 Å². The number of allylic oxidation sites excluding steroid dienone is 1. The second-order valence-electron chi connectivity index (χ2n) is 7.05.